The van der Waals surface area contributed by atoms with Gasteiger partial charge in [0, 0.05) is 17.7 Å². The van der Waals surface area contributed by atoms with Crippen molar-refractivity contribution in [2.45, 2.75) is 52.5 Å². The van der Waals surface area contributed by atoms with Crippen LogP contribution in [0.25, 0.3) is 0 Å². The fraction of sp³-hybridized carbons (Fsp3) is 0.571. The van der Waals surface area contributed by atoms with Crippen molar-refractivity contribution >= 4 is 17.3 Å². The highest BCUT2D eigenvalue weighted by atomic mass is 32.1. The summed E-state index contributed by atoms with van der Waals surface area (Å²) in [7, 11) is 0. The number of carbonyl (C=O) groups excluding carboxylic acids is 1. The molecular formula is C14H20N4OS. The number of Topliss-reactive ketones (excluding diaryl/α,β-unsaturated/α-hetero) is 1. The van der Waals surface area contributed by atoms with Crippen LogP contribution in [0.5, 0.6) is 0 Å². The zero-order chi connectivity index (χ0) is 14.9. The lowest BCUT2D eigenvalue weighted by atomic mass is 9.90. The van der Waals surface area contributed by atoms with Crippen molar-refractivity contribution in [3.63, 3.8) is 0 Å². The van der Waals surface area contributed by atoms with Gasteiger partial charge in [0.05, 0.1) is 17.8 Å². The molecule has 2 heterocycles. The quantitative estimate of drug-likeness (QED) is 0.813. The van der Waals surface area contributed by atoms with E-state index < -0.39 is 0 Å². The van der Waals surface area contributed by atoms with E-state index in [4.69, 9.17) is 0 Å². The van der Waals surface area contributed by atoms with Crippen LogP contribution in [0.15, 0.2) is 12.3 Å². The van der Waals surface area contributed by atoms with Gasteiger partial charge in [0.2, 0.25) is 0 Å². The summed E-state index contributed by atoms with van der Waals surface area (Å²) in [4.78, 5) is 13.1. The van der Waals surface area contributed by atoms with Gasteiger partial charge in [-0.3, -0.25) is 9.48 Å². The van der Waals surface area contributed by atoms with E-state index in [1.807, 2.05) is 37.7 Å². The molecule has 0 unspecified atom stereocenters. The second kappa shape index (κ2) is 5.44. The summed E-state index contributed by atoms with van der Waals surface area (Å²) in [5.74, 6) is 0.0407. The molecule has 108 valence electrons. The van der Waals surface area contributed by atoms with Crippen LogP contribution < -0.4 is 0 Å². The second-order valence-corrected chi connectivity index (χ2v) is 6.94. The van der Waals surface area contributed by atoms with Crippen molar-refractivity contribution < 1.29 is 4.79 Å². The zero-order valence-corrected chi connectivity index (χ0v) is 13.4. The van der Waals surface area contributed by atoms with Gasteiger partial charge in [0.1, 0.15) is 4.88 Å². The first-order valence-electron chi connectivity index (χ1n) is 6.69. The molecule has 0 bridgehead atoms. The van der Waals surface area contributed by atoms with Crippen LogP contribution >= 0.6 is 11.5 Å². The van der Waals surface area contributed by atoms with Crippen LogP contribution in [0.1, 0.15) is 61.7 Å². The number of carbonyl (C=O) groups is 1. The van der Waals surface area contributed by atoms with Crippen molar-refractivity contribution in [1.82, 2.24) is 19.4 Å². The smallest absolute Gasteiger partial charge is 0.182 e. The van der Waals surface area contributed by atoms with Crippen LogP contribution in [0.3, 0.4) is 0 Å². The summed E-state index contributed by atoms with van der Waals surface area (Å²) in [6, 6.07) is 2.19. The molecule has 2 rings (SSSR count). The summed E-state index contributed by atoms with van der Waals surface area (Å²) >= 11 is 1.17. The predicted molar refractivity (Wildman–Crippen MR) is 79.3 cm³/mol. The fourth-order valence-electron chi connectivity index (χ4n) is 1.87. The summed E-state index contributed by atoms with van der Waals surface area (Å²) in [6.07, 6.45) is 2.20. The molecule has 0 radical (unpaired) electrons. The molecule has 0 spiro atoms. The van der Waals surface area contributed by atoms with E-state index in [1.54, 1.807) is 0 Å². The SMILES string of the molecule is CC(C)n1ccc(CC(=O)c2snnc2C(C)(C)C)n1. The summed E-state index contributed by atoms with van der Waals surface area (Å²) in [6.45, 7) is 10.2. The number of aromatic nitrogens is 4. The number of nitrogens with zero attached hydrogens (tertiary/aromatic N) is 4. The van der Waals surface area contributed by atoms with Gasteiger partial charge >= 0.3 is 0 Å². The largest absolute Gasteiger partial charge is 0.293 e. The Bertz CT molecular complexity index is 607. The first-order chi connectivity index (χ1) is 9.29. The minimum absolute atomic E-state index is 0.0407. The van der Waals surface area contributed by atoms with Crippen molar-refractivity contribution in [3.05, 3.63) is 28.5 Å². The van der Waals surface area contributed by atoms with Gasteiger partial charge < -0.3 is 0 Å². The van der Waals surface area contributed by atoms with E-state index in [-0.39, 0.29) is 11.2 Å². The van der Waals surface area contributed by atoms with E-state index in [2.05, 4.69) is 28.5 Å². The van der Waals surface area contributed by atoms with Crippen molar-refractivity contribution in [3.8, 4) is 0 Å². The molecule has 0 atom stereocenters. The first-order valence-corrected chi connectivity index (χ1v) is 7.46. The van der Waals surface area contributed by atoms with Gasteiger partial charge in [-0.05, 0) is 31.4 Å². The molecule has 2 aromatic rings. The average molecular weight is 292 g/mol. The van der Waals surface area contributed by atoms with Gasteiger partial charge in [-0.25, -0.2) is 0 Å². The normalized spacial score (nSPS) is 12.1. The minimum atomic E-state index is -0.171. The van der Waals surface area contributed by atoms with E-state index in [9.17, 15) is 4.79 Å². The van der Waals surface area contributed by atoms with E-state index in [1.165, 1.54) is 11.5 Å². The molecule has 0 aliphatic carbocycles. The molecule has 0 N–H and O–H groups in total. The van der Waals surface area contributed by atoms with Gasteiger partial charge in [-0.15, -0.1) is 5.10 Å². The molecule has 0 aliphatic rings. The van der Waals surface area contributed by atoms with Gasteiger partial charge in [0.15, 0.2) is 5.78 Å². The molecule has 0 amide bonds. The molecule has 0 saturated carbocycles. The van der Waals surface area contributed by atoms with Crippen molar-refractivity contribution in [2.24, 2.45) is 0 Å². The third kappa shape index (κ3) is 3.12. The lowest BCUT2D eigenvalue weighted by Gasteiger charge is -2.15. The third-order valence-corrected chi connectivity index (χ3v) is 3.75. The third-order valence-electron chi connectivity index (χ3n) is 2.99. The van der Waals surface area contributed by atoms with Crippen LogP contribution in [-0.4, -0.2) is 25.2 Å². The topological polar surface area (TPSA) is 60.7 Å². The van der Waals surface area contributed by atoms with Crippen LogP contribution in [-0.2, 0) is 11.8 Å². The Morgan fingerprint density at radius 2 is 2.10 bits per heavy atom. The number of ketones is 1. The Morgan fingerprint density at radius 3 is 2.65 bits per heavy atom. The standard InChI is InChI=1S/C14H20N4OS/c1-9(2)18-7-6-10(16-18)8-11(19)12-13(14(3,4)5)15-17-20-12/h6-7,9H,8H2,1-5H3. The number of rotatable bonds is 4. The Balaban J connectivity index is 2.18. The Morgan fingerprint density at radius 1 is 1.40 bits per heavy atom. The highest BCUT2D eigenvalue weighted by molar-refractivity contribution is 7.08. The molecule has 0 aliphatic heterocycles. The maximum absolute atomic E-state index is 12.4. The molecule has 0 saturated heterocycles. The minimum Gasteiger partial charge on any atom is -0.293 e. The molecule has 6 heteroatoms. The lowest BCUT2D eigenvalue weighted by molar-refractivity contribution is 0.0993. The molecule has 0 aromatic carbocycles. The highest BCUT2D eigenvalue weighted by Crippen LogP contribution is 2.26. The van der Waals surface area contributed by atoms with Crippen LogP contribution in [0.4, 0.5) is 0 Å². The second-order valence-electron chi connectivity index (χ2n) is 6.18. The number of hydrogen-bond donors (Lipinski definition) is 0. The summed E-state index contributed by atoms with van der Waals surface area (Å²) in [5, 5.41) is 8.52. The van der Waals surface area contributed by atoms with E-state index in [0.29, 0.717) is 17.3 Å². The van der Waals surface area contributed by atoms with E-state index >= 15 is 0 Å². The maximum atomic E-state index is 12.4. The number of hydrogen-bond acceptors (Lipinski definition) is 5. The van der Waals surface area contributed by atoms with Gasteiger partial charge in [-0.1, -0.05) is 25.3 Å². The van der Waals surface area contributed by atoms with Gasteiger partial charge in [-0.2, -0.15) is 5.10 Å². The molecule has 5 nitrogen and oxygen atoms in total. The zero-order valence-electron chi connectivity index (χ0n) is 12.5. The van der Waals surface area contributed by atoms with Gasteiger partial charge in [0.25, 0.3) is 0 Å². The Hall–Kier alpha value is -1.56. The van der Waals surface area contributed by atoms with Crippen LogP contribution in [0.2, 0.25) is 0 Å². The first kappa shape index (κ1) is 14.8. The molecule has 2 aromatic heterocycles. The Kier molecular flexibility index (Phi) is 4.04. The lowest BCUT2D eigenvalue weighted by Crippen LogP contribution is -2.17. The maximum Gasteiger partial charge on any atom is 0.182 e. The van der Waals surface area contributed by atoms with Crippen molar-refractivity contribution in [2.75, 3.05) is 0 Å². The summed E-state index contributed by atoms with van der Waals surface area (Å²) in [5.41, 5.74) is 1.39. The fourth-order valence-corrected chi connectivity index (χ4v) is 2.68. The Labute approximate surface area is 123 Å². The summed E-state index contributed by atoms with van der Waals surface area (Å²) < 4.78 is 5.79. The monoisotopic (exact) mass is 292 g/mol. The molecule has 20 heavy (non-hydrogen) atoms. The average Bonchev–Trinajstić information content (AvgIpc) is 2.95. The molecular weight excluding hydrogens is 272 g/mol. The van der Waals surface area contributed by atoms with Crippen molar-refractivity contribution in [1.29, 1.82) is 0 Å². The van der Waals surface area contributed by atoms with Crippen LogP contribution in [0, 0.1) is 0 Å². The van der Waals surface area contributed by atoms with E-state index in [0.717, 1.165) is 11.4 Å². The highest BCUT2D eigenvalue weighted by Gasteiger charge is 2.26. The predicted octanol–water partition coefficient (Wildman–Crippen LogP) is 3.04. The molecule has 0 fully saturated rings.